The van der Waals surface area contributed by atoms with E-state index in [4.69, 9.17) is 25.8 Å². The molecule has 1 amide bonds. The number of carbonyl (C=O) groups excluding carboxylic acids is 2. The van der Waals surface area contributed by atoms with Crippen LogP contribution in [0.1, 0.15) is 30.5 Å². The number of anilines is 1. The van der Waals surface area contributed by atoms with Crippen molar-refractivity contribution in [2.45, 2.75) is 19.4 Å². The summed E-state index contributed by atoms with van der Waals surface area (Å²) < 4.78 is 16.2. The molecule has 3 aromatic carbocycles. The van der Waals surface area contributed by atoms with Crippen LogP contribution in [0.5, 0.6) is 17.2 Å². The van der Waals surface area contributed by atoms with Gasteiger partial charge in [-0.15, -0.1) is 0 Å². The van der Waals surface area contributed by atoms with E-state index in [-0.39, 0.29) is 21.9 Å². The topological polar surface area (TPSA) is 85.3 Å². The summed E-state index contributed by atoms with van der Waals surface area (Å²) in [4.78, 5) is 28.1. The maximum Gasteiger partial charge on any atom is 0.300 e. The van der Waals surface area contributed by atoms with Crippen LogP contribution in [0.4, 0.5) is 5.69 Å². The van der Waals surface area contributed by atoms with Gasteiger partial charge in [0.05, 0.1) is 37.5 Å². The summed E-state index contributed by atoms with van der Waals surface area (Å²) in [6, 6.07) is 17.7. The normalized spacial score (nSPS) is 16.8. The molecule has 0 aliphatic carbocycles. The molecule has 8 heteroatoms. The Balaban J connectivity index is 1.90. The van der Waals surface area contributed by atoms with Crippen LogP contribution in [0.2, 0.25) is 5.02 Å². The average molecular weight is 508 g/mol. The summed E-state index contributed by atoms with van der Waals surface area (Å²) in [5, 5.41) is 11.6. The van der Waals surface area contributed by atoms with Crippen LogP contribution >= 0.6 is 11.6 Å². The molecule has 3 aromatic rings. The Morgan fingerprint density at radius 1 is 0.972 bits per heavy atom. The molecule has 1 atom stereocenters. The highest BCUT2D eigenvalue weighted by molar-refractivity contribution is 6.51. The van der Waals surface area contributed by atoms with Gasteiger partial charge in [0.2, 0.25) is 0 Å². The van der Waals surface area contributed by atoms with Crippen LogP contribution in [0.25, 0.3) is 5.76 Å². The van der Waals surface area contributed by atoms with Crippen LogP contribution in [-0.4, -0.2) is 37.6 Å². The molecule has 0 bridgehead atoms. The number of methoxy groups -OCH3 is 2. The summed E-state index contributed by atoms with van der Waals surface area (Å²) in [5.41, 5.74) is 1.33. The number of ether oxygens (including phenoxy) is 3. The molecule has 4 rings (SSSR count). The van der Waals surface area contributed by atoms with Crippen molar-refractivity contribution in [2.24, 2.45) is 0 Å². The van der Waals surface area contributed by atoms with E-state index in [2.05, 4.69) is 0 Å². The lowest BCUT2D eigenvalue weighted by molar-refractivity contribution is -0.132. The molecule has 1 aliphatic rings. The number of rotatable bonds is 8. The monoisotopic (exact) mass is 507 g/mol. The third-order valence-corrected chi connectivity index (χ3v) is 6.16. The number of hydrogen-bond donors (Lipinski definition) is 1. The van der Waals surface area contributed by atoms with Crippen molar-refractivity contribution in [2.75, 3.05) is 25.7 Å². The molecule has 1 fully saturated rings. The smallest absolute Gasteiger partial charge is 0.300 e. The van der Waals surface area contributed by atoms with E-state index < -0.39 is 17.7 Å². The molecule has 0 spiro atoms. The molecule has 1 saturated heterocycles. The number of aliphatic hydroxyl groups is 1. The molecule has 1 N–H and O–H groups in total. The first-order valence-electron chi connectivity index (χ1n) is 11.4. The van der Waals surface area contributed by atoms with E-state index in [1.807, 2.05) is 13.0 Å². The third-order valence-electron chi connectivity index (χ3n) is 5.87. The van der Waals surface area contributed by atoms with Gasteiger partial charge in [0.1, 0.15) is 23.0 Å². The predicted molar refractivity (Wildman–Crippen MR) is 138 cm³/mol. The number of carbonyl (C=O) groups is 2. The quantitative estimate of drug-likeness (QED) is 0.236. The lowest BCUT2D eigenvalue weighted by Crippen LogP contribution is -2.29. The number of halogens is 1. The fourth-order valence-electron chi connectivity index (χ4n) is 4.12. The summed E-state index contributed by atoms with van der Waals surface area (Å²) in [7, 11) is 3.03. The van der Waals surface area contributed by atoms with E-state index in [9.17, 15) is 14.7 Å². The second-order valence-electron chi connectivity index (χ2n) is 8.14. The van der Waals surface area contributed by atoms with Gasteiger partial charge in [-0.2, -0.15) is 0 Å². The fraction of sp³-hybridized carbons (Fsp3) is 0.214. The zero-order valence-electron chi connectivity index (χ0n) is 20.2. The minimum absolute atomic E-state index is 0.0512. The van der Waals surface area contributed by atoms with Crippen molar-refractivity contribution >= 4 is 34.7 Å². The van der Waals surface area contributed by atoms with Crippen molar-refractivity contribution in [3.8, 4) is 17.2 Å². The molecule has 0 aromatic heterocycles. The molecule has 0 radical (unpaired) electrons. The zero-order valence-corrected chi connectivity index (χ0v) is 20.9. The van der Waals surface area contributed by atoms with E-state index in [0.717, 1.165) is 6.42 Å². The Morgan fingerprint density at radius 3 is 2.36 bits per heavy atom. The predicted octanol–water partition coefficient (Wildman–Crippen LogP) is 5.77. The summed E-state index contributed by atoms with van der Waals surface area (Å²) in [6.45, 7) is 2.52. The number of amides is 1. The van der Waals surface area contributed by atoms with E-state index in [0.29, 0.717) is 35.1 Å². The maximum atomic E-state index is 13.4. The number of aliphatic hydroxyl groups excluding tert-OH is 1. The van der Waals surface area contributed by atoms with Crippen molar-refractivity contribution in [3.05, 3.63) is 88.5 Å². The number of ketones is 1. The highest BCUT2D eigenvalue weighted by atomic mass is 35.5. The van der Waals surface area contributed by atoms with Crippen LogP contribution in [0, 0.1) is 0 Å². The molecule has 1 aliphatic heterocycles. The Morgan fingerprint density at radius 2 is 1.72 bits per heavy atom. The molecular weight excluding hydrogens is 482 g/mol. The van der Waals surface area contributed by atoms with E-state index in [1.54, 1.807) is 61.7 Å². The minimum Gasteiger partial charge on any atom is -0.507 e. The van der Waals surface area contributed by atoms with Gasteiger partial charge in [0.15, 0.2) is 0 Å². The van der Waals surface area contributed by atoms with Gasteiger partial charge in [0, 0.05) is 11.3 Å². The van der Waals surface area contributed by atoms with Crippen molar-refractivity contribution in [1.29, 1.82) is 0 Å². The van der Waals surface area contributed by atoms with Crippen LogP contribution in [0.15, 0.2) is 72.3 Å². The number of Topliss-reactive ketones (excluding diaryl/α,β-unsaturated/α-hetero) is 1. The van der Waals surface area contributed by atoms with Crippen molar-refractivity contribution in [3.63, 3.8) is 0 Å². The molecular formula is C28H26ClNO6. The first-order valence-corrected chi connectivity index (χ1v) is 11.8. The molecule has 0 saturated carbocycles. The van der Waals surface area contributed by atoms with Crippen LogP contribution in [-0.2, 0) is 9.59 Å². The fourth-order valence-corrected chi connectivity index (χ4v) is 4.38. The largest absolute Gasteiger partial charge is 0.507 e. The highest BCUT2D eigenvalue weighted by Gasteiger charge is 2.47. The van der Waals surface area contributed by atoms with E-state index in [1.165, 1.54) is 18.1 Å². The highest BCUT2D eigenvalue weighted by Crippen LogP contribution is 2.43. The average Bonchev–Trinajstić information content (AvgIpc) is 3.17. The number of benzene rings is 3. The van der Waals surface area contributed by atoms with Crippen molar-refractivity contribution < 1.29 is 28.9 Å². The zero-order chi connectivity index (χ0) is 25.8. The van der Waals surface area contributed by atoms with Gasteiger partial charge in [-0.25, -0.2) is 0 Å². The first-order chi connectivity index (χ1) is 17.4. The Hall–Kier alpha value is -3.97. The van der Waals surface area contributed by atoms with Crippen molar-refractivity contribution in [1.82, 2.24) is 0 Å². The standard InChI is InChI=1S/C28H26ClNO6/c1-4-14-36-21-7-5-6-17(15-21)25-24(26(31)18-8-13-23(35-3)22(29)16-18)27(32)28(33)30(25)19-9-11-20(34-2)12-10-19/h5-13,15-16,25,31H,4,14H2,1-3H3/b26-24+. The van der Waals surface area contributed by atoms with Gasteiger partial charge in [-0.1, -0.05) is 30.7 Å². The van der Waals surface area contributed by atoms with E-state index >= 15 is 0 Å². The van der Waals surface area contributed by atoms with Gasteiger partial charge in [-0.3, -0.25) is 14.5 Å². The molecule has 1 heterocycles. The van der Waals surface area contributed by atoms with Crippen LogP contribution < -0.4 is 19.1 Å². The lowest BCUT2D eigenvalue weighted by atomic mass is 9.95. The lowest BCUT2D eigenvalue weighted by Gasteiger charge is -2.26. The SMILES string of the molecule is CCCOc1cccc(C2/C(=C(\O)c3ccc(OC)c(Cl)c3)C(=O)C(=O)N2c2ccc(OC)cc2)c1. The van der Waals surface area contributed by atoms with Gasteiger partial charge < -0.3 is 19.3 Å². The number of nitrogens with zero attached hydrogens (tertiary/aromatic N) is 1. The Kier molecular flexibility index (Phi) is 7.50. The molecule has 1 unspecified atom stereocenters. The van der Waals surface area contributed by atoms with Gasteiger partial charge >= 0.3 is 0 Å². The molecule has 7 nitrogen and oxygen atoms in total. The van der Waals surface area contributed by atoms with Gasteiger partial charge in [0.25, 0.3) is 11.7 Å². The second-order valence-corrected chi connectivity index (χ2v) is 8.54. The summed E-state index contributed by atoms with van der Waals surface area (Å²) in [6.07, 6.45) is 0.826. The first kappa shape index (κ1) is 25.1. The third kappa shape index (κ3) is 4.75. The summed E-state index contributed by atoms with van der Waals surface area (Å²) >= 11 is 6.27. The maximum absolute atomic E-state index is 13.4. The number of hydrogen-bond acceptors (Lipinski definition) is 6. The summed E-state index contributed by atoms with van der Waals surface area (Å²) in [5.74, 6) is -0.272. The minimum atomic E-state index is -0.899. The Bertz CT molecular complexity index is 1320. The van der Waals surface area contributed by atoms with Crippen LogP contribution in [0.3, 0.4) is 0 Å². The molecule has 186 valence electrons. The Labute approximate surface area is 214 Å². The molecule has 36 heavy (non-hydrogen) atoms. The van der Waals surface area contributed by atoms with Gasteiger partial charge in [-0.05, 0) is 66.6 Å². The second kappa shape index (κ2) is 10.7.